The van der Waals surface area contributed by atoms with Crippen LogP contribution < -0.4 is 9.47 Å². The largest absolute Gasteiger partial charge is 0.493 e. The van der Waals surface area contributed by atoms with Crippen LogP contribution in [0.15, 0.2) is 54.6 Å². The molecule has 0 bridgehead atoms. The molecule has 3 nitrogen and oxygen atoms in total. The summed E-state index contributed by atoms with van der Waals surface area (Å²) < 4.78 is 10.6. The summed E-state index contributed by atoms with van der Waals surface area (Å²) in [5.41, 5.74) is 2.76. The van der Waals surface area contributed by atoms with E-state index in [1.165, 1.54) is 0 Å². The van der Waals surface area contributed by atoms with Gasteiger partial charge >= 0.3 is 0 Å². The fraction of sp³-hybridized carbons (Fsp3) is 0.167. The van der Waals surface area contributed by atoms with Crippen LogP contribution in [0.2, 0.25) is 0 Å². The number of ether oxygens (including phenoxy) is 2. The summed E-state index contributed by atoms with van der Waals surface area (Å²) in [6, 6.07) is 15.4. The van der Waals surface area contributed by atoms with Crippen molar-refractivity contribution in [2.24, 2.45) is 0 Å². The van der Waals surface area contributed by atoms with Crippen LogP contribution >= 0.6 is 0 Å². The number of hydrogen-bond donors (Lipinski definition) is 0. The van der Waals surface area contributed by atoms with Gasteiger partial charge in [-0.05, 0) is 41.8 Å². The first-order chi connectivity index (χ1) is 10.2. The number of allylic oxidation sites excluding steroid dienone is 1. The Kier molecular flexibility index (Phi) is 4.77. The quantitative estimate of drug-likeness (QED) is 0.784. The van der Waals surface area contributed by atoms with Crippen LogP contribution in [0.1, 0.15) is 18.1 Å². The van der Waals surface area contributed by atoms with Gasteiger partial charge in [-0.2, -0.15) is 0 Å². The van der Waals surface area contributed by atoms with Crippen LogP contribution in [-0.2, 0) is 4.79 Å². The number of methoxy groups -OCH3 is 2. The van der Waals surface area contributed by atoms with Crippen molar-refractivity contribution in [2.75, 3.05) is 14.2 Å². The topological polar surface area (TPSA) is 35.5 Å². The lowest BCUT2D eigenvalue weighted by Gasteiger charge is -2.12. The Labute approximate surface area is 124 Å². The summed E-state index contributed by atoms with van der Waals surface area (Å²) in [5.74, 6) is 1.31. The average molecular weight is 282 g/mol. The molecule has 0 radical (unpaired) electrons. The third kappa shape index (κ3) is 3.51. The summed E-state index contributed by atoms with van der Waals surface area (Å²) in [6.45, 7) is 1.55. The molecule has 0 saturated carbocycles. The highest BCUT2D eigenvalue weighted by atomic mass is 16.5. The highest BCUT2D eigenvalue weighted by Gasteiger charge is 2.10. The van der Waals surface area contributed by atoms with E-state index in [4.69, 9.17) is 9.47 Å². The fourth-order valence-electron chi connectivity index (χ4n) is 2.16. The van der Waals surface area contributed by atoms with E-state index in [9.17, 15) is 4.79 Å². The van der Waals surface area contributed by atoms with Gasteiger partial charge in [-0.3, -0.25) is 4.79 Å². The zero-order chi connectivity index (χ0) is 15.2. The number of benzene rings is 2. The van der Waals surface area contributed by atoms with Crippen molar-refractivity contribution in [1.29, 1.82) is 0 Å². The SMILES string of the molecule is COc1ccc(C(=CC(C)=O)c2ccccc2)cc1OC. The predicted octanol–water partition coefficient (Wildman–Crippen LogP) is 3.72. The first kappa shape index (κ1) is 14.9. The van der Waals surface area contributed by atoms with Gasteiger partial charge in [0.2, 0.25) is 0 Å². The number of ketones is 1. The van der Waals surface area contributed by atoms with Gasteiger partial charge in [0.1, 0.15) is 0 Å². The van der Waals surface area contributed by atoms with E-state index in [1.807, 2.05) is 48.5 Å². The van der Waals surface area contributed by atoms with Crippen LogP contribution in [0, 0.1) is 0 Å². The summed E-state index contributed by atoms with van der Waals surface area (Å²) in [5, 5.41) is 0. The molecule has 0 amide bonds. The molecule has 0 spiro atoms. The van der Waals surface area contributed by atoms with Gasteiger partial charge in [-0.1, -0.05) is 36.4 Å². The fourth-order valence-corrected chi connectivity index (χ4v) is 2.16. The normalized spacial score (nSPS) is 11.1. The van der Waals surface area contributed by atoms with Gasteiger partial charge in [-0.15, -0.1) is 0 Å². The highest BCUT2D eigenvalue weighted by molar-refractivity contribution is 5.99. The molecule has 3 heteroatoms. The minimum Gasteiger partial charge on any atom is -0.493 e. The molecule has 2 aromatic rings. The van der Waals surface area contributed by atoms with E-state index >= 15 is 0 Å². The van der Waals surface area contributed by atoms with E-state index in [0.717, 1.165) is 16.7 Å². The lowest BCUT2D eigenvalue weighted by molar-refractivity contribution is -0.112. The zero-order valence-electron chi connectivity index (χ0n) is 12.4. The monoisotopic (exact) mass is 282 g/mol. The van der Waals surface area contributed by atoms with Crippen LogP contribution in [-0.4, -0.2) is 20.0 Å². The van der Waals surface area contributed by atoms with Gasteiger partial charge in [0, 0.05) is 0 Å². The Hall–Kier alpha value is -2.55. The molecule has 0 aliphatic rings. The lowest BCUT2D eigenvalue weighted by Crippen LogP contribution is -1.95. The molecule has 0 aliphatic carbocycles. The summed E-state index contributed by atoms with van der Waals surface area (Å²) in [7, 11) is 3.19. The summed E-state index contributed by atoms with van der Waals surface area (Å²) in [4.78, 5) is 11.5. The van der Waals surface area contributed by atoms with Crippen LogP contribution in [0.3, 0.4) is 0 Å². The predicted molar refractivity (Wildman–Crippen MR) is 83.7 cm³/mol. The maximum absolute atomic E-state index is 11.5. The van der Waals surface area contributed by atoms with Crippen LogP contribution in [0.4, 0.5) is 0 Å². The molecule has 0 aromatic heterocycles. The smallest absolute Gasteiger partial charge is 0.161 e. The van der Waals surface area contributed by atoms with E-state index < -0.39 is 0 Å². The van der Waals surface area contributed by atoms with Gasteiger partial charge in [0.25, 0.3) is 0 Å². The second kappa shape index (κ2) is 6.75. The molecular weight excluding hydrogens is 264 g/mol. The Morgan fingerprint density at radius 3 is 2.14 bits per heavy atom. The molecule has 0 atom stereocenters. The molecule has 21 heavy (non-hydrogen) atoms. The van der Waals surface area contributed by atoms with Crippen molar-refractivity contribution in [3.8, 4) is 11.5 Å². The molecule has 108 valence electrons. The second-order valence-corrected chi connectivity index (χ2v) is 4.60. The third-order valence-corrected chi connectivity index (χ3v) is 3.13. The second-order valence-electron chi connectivity index (χ2n) is 4.60. The van der Waals surface area contributed by atoms with Gasteiger partial charge < -0.3 is 9.47 Å². The van der Waals surface area contributed by atoms with Crippen molar-refractivity contribution >= 4 is 11.4 Å². The molecule has 0 aliphatic heterocycles. The zero-order valence-corrected chi connectivity index (χ0v) is 12.4. The molecule has 0 fully saturated rings. The number of hydrogen-bond acceptors (Lipinski definition) is 3. The lowest BCUT2D eigenvalue weighted by atomic mass is 9.96. The first-order valence-corrected chi connectivity index (χ1v) is 6.65. The van der Waals surface area contributed by atoms with E-state index in [0.29, 0.717) is 11.5 Å². The van der Waals surface area contributed by atoms with Crippen molar-refractivity contribution in [3.63, 3.8) is 0 Å². The Bertz CT molecular complexity index is 657. The van der Waals surface area contributed by atoms with Crippen molar-refractivity contribution in [3.05, 3.63) is 65.7 Å². The maximum atomic E-state index is 11.5. The molecular formula is C18H18O3. The standard InChI is InChI=1S/C18H18O3/c1-13(19)11-16(14-7-5-4-6-8-14)15-9-10-17(20-2)18(12-15)21-3/h4-12H,1-3H3. The third-order valence-electron chi connectivity index (χ3n) is 3.13. The molecule has 2 aromatic carbocycles. The molecule has 2 rings (SSSR count). The van der Waals surface area contributed by atoms with Crippen molar-refractivity contribution < 1.29 is 14.3 Å². The summed E-state index contributed by atoms with van der Waals surface area (Å²) in [6.07, 6.45) is 1.64. The maximum Gasteiger partial charge on any atom is 0.161 e. The molecule has 0 saturated heterocycles. The summed E-state index contributed by atoms with van der Waals surface area (Å²) >= 11 is 0. The minimum absolute atomic E-state index is 0.00337. The molecule has 0 heterocycles. The Balaban J connectivity index is 2.55. The van der Waals surface area contributed by atoms with Crippen molar-refractivity contribution in [2.45, 2.75) is 6.92 Å². The highest BCUT2D eigenvalue weighted by Crippen LogP contribution is 2.32. The first-order valence-electron chi connectivity index (χ1n) is 6.65. The molecule has 0 unspecified atom stereocenters. The van der Waals surface area contributed by atoms with Crippen LogP contribution in [0.5, 0.6) is 11.5 Å². The minimum atomic E-state index is 0.00337. The van der Waals surface area contributed by atoms with Crippen LogP contribution in [0.25, 0.3) is 5.57 Å². The Morgan fingerprint density at radius 2 is 1.57 bits per heavy atom. The van der Waals surface area contributed by atoms with E-state index in [-0.39, 0.29) is 5.78 Å². The van der Waals surface area contributed by atoms with E-state index in [2.05, 4.69) is 0 Å². The number of carbonyl (C=O) groups excluding carboxylic acids is 1. The number of rotatable bonds is 5. The molecule has 0 N–H and O–H groups in total. The Morgan fingerprint density at radius 1 is 0.905 bits per heavy atom. The number of carbonyl (C=O) groups is 1. The van der Waals surface area contributed by atoms with E-state index in [1.54, 1.807) is 27.2 Å². The van der Waals surface area contributed by atoms with Gasteiger partial charge in [0.05, 0.1) is 14.2 Å². The van der Waals surface area contributed by atoms with Crippen molar-refractivity contribution in [1.82, 2.24) is 0 Å². The van der Waals surface area contributed by atoms with Gasteiger partial charge in [0.15, 0.2) is 17.3 Å². The average Bonchev–Trinajstić information content (AvgIpc) is 2.52. The van der Waals surface area contributed by atoms with Gasteiger partial charge in [-0.25, -0.2) is 0 Å².